The normalized spacial score (nSPS) is 11.2. The molecule has 0 unspecified atom stereocenters. The van der Waals surface area contributed by atoms with E-state index in [0.717, 1.165) is 16.1 Å². The highest BCUT2D eigenvalue weighted by molar-refractivity contribution is 7.98. The van der Waals surface area contributed by atoms with Crippen molar-refractivity contribution in [1.29, 1.82) is 0 Å². The molecular formula is C23H18ClN5O2S2. The number of methoxy groups -OCH3 is 1. The first kappa shape index (κ1) is 21.7. The highest BCUT2D eigenvalue weighted by atomic mass is 35.5. The van der Waals surface area contributed by atoms with Crippen LogP contribution in [0, 0.1) is 6.92 Å². The van der Waals surface area contributed by atoms with Gasteiger partial charge in [-0.3, -0.25) is 13.8 Å². The molecule has 0 bridgehead atoms. The van der Waals surface area contributed by atoms with E-state index in [2.05, 4.69) is 15.2 Å². The fourth-order valence-corrected chi connectivity index (χ4v) is 5.48. The van der Waals surface area contributed by atoms with Gasteiger partial charge in [-0.25, -0.2) is 4.98 Å². The van der Waals surface area contributed by atoms with Gasteiger partial charge in [0.1, 0.15) is 11.4 Å². The Labute approximate surface area is 202 Å². The van der Waals surface area contributed by atoms with E-state index in [9.17, 15) is 4.79 Å². The van der Waals surface area contributed by atoms with Gasteiger partial charge in [-0.15, -0.1) is 21.5 Å². The lowest BCUT2D eigenvalue weighted by Gasteiger charge is -2.13. The number of benzene rings is 1. The van der Waals surface area contributed by atoms with Crippen molar-refractivity contribution < 1.29 is 4.74 Å². The first-order chi connectivity index (χ1) is 16.0. The van der Waals surface area contributed by atoms with Gasteiger partial charge in [-0.1, -0.05) is 41.6 Å². The van der Waals surface area contributed by atoms with Crippen LogP contribution in [0.25, 0.3) is 22.0 Å². The zero-order chi connectivity index (χ0) is 22.9. The highest BCUT2D eigenvalue weighted by Crippen LogP contribution is 2.37. The number of thioether (sulfide) groups is 1. The minimum atomic E-state index is -0.0987. The molecule has 4 aromatic heterocycles. The van der Waals surface area contributed by atoms with Crippen LogP contribution < -0.4 is 10.3 Å². The molecule has 10 heteroatoms. The minimum absolute atomic E-state index is 0.0987. The van der Waals surface area contributed by atoms with Gasteiger partial charge < -0.3 is 4.74 Å². The van der Waals surface area contributed by atoms with Crippen LogP contribution in [0.4, 0.5) is 0 Å². The van der Waals surface area contributed by atoms with E-state index < -0.39 is 0 Å². The average molecular weight is 496 g/mol. The van der Waals surface area contributed by atoms with Gasteiger partial charge in [0.25, 0.3) is 5.56 Å². The molecule has 0 saturated heterocycles. The Morgan fingerprint density at radius 2 is 1.97 bits per heavy atom. The zero-order valence-electron chi connectivity index (χ0n) is 17.7. The number of ether oxygens (including phenoxy) is 1. The Morgan fingerprint density at radius 1 is 1.12 bits per heavy atom. The van der Waals surface area contributed by atoms with Gasteiger partial charge in [0.15, 0.2) is 11.0 Å². The Balaban J connectivity index is 1.59. The van der Waals surface area contributed by atoms with Crippen molar-refractivity contribution in [2.45, 2.75) is 17.8 Å². The van der Waals surface area contributed by atoms with E-state index in [4.69, 9.17) is 16.3 Å². The zero-order valence-corrected chi connectivity index (χ0v) is 20.1. The third-order valence-corrected chi connectivity index (χ3v) is 7.21. The van der Waals surface area contributed by atoms with Crippen LogP contribution in [-0.2, 0) is 5.75 Å². The van der Waals surface area contributed by atoms with Crippen molar-refractivity contribution in [1.82, 2.24) is 24.1 Å². The van der Waals surface area contributed by atoms with E-state index in [-0.39, 0.29) is 5.56 Å². The molecule has 7 nitrogen and oxygen atoms in total. The largest absolute Gasteiger partial charge is 0.495 e. The van der Waals surface area contributed by atoms with Crippen LogP contribution in [0.2, 0.25) is 4.34 Å². The monoisotopic (exact) mass is 495 g/mol. The minimum Gasteiger partial charge on any atom is -0.495 e. The van der Waals surface area contributed by atoms with Gasteiger partial charge in [0.05, 0.1) is 22.0 Å². The number of fused-ring (bicyclic) bond motifs is 1. The van der Waals surface area contributed by atoms with Crippen molar-refractivity contribution in [2.24, 2.45) is 0 Å². The van der Waals surface area contributed by atoms with E-state index in [1.165, 1.54) is 29.2 Å². The van der Waals surface area contributed by atoms with E-state index in [1.54, 1.807) is 17.7 Å². The maximum absolute atomic E-state index is 12.4. The highest BCUT2D eigenvalue weighted by Gasteiger charge is 2.20. The molecular weight excluding hydrogens is 478 g/mol. The third-order valence-electron chi connectivity index (χ3n) is 5.01. The number of hydrogen-bond donors (Lipinski definition) is 0. The molecule has 0 aliphatic heterocycles. The molecule has 0 aliphatic carbocycles. The van der Waals surface area contributed by atoms with E-state index >= 15 is 0 Å². The molecule has 5 rings (SSSR count). The van der Waals surface area contributed by atoms with Crippen LogP contribution in [0.1, 0.15) is 11.3 Å². The lowest BCUT2D eigenvalue weighted by atomic mass is 10.3. The second-order valence-corrected chi connectivity index (χ2v) is 9.83. The summed E-state index contributed by atoms with van der Waals surface area (Å²) in [6.07, 6.45) is 1.73. The van der Waals surface area contributed by atoms with Crippen molar-refractivity contribution in [3.63, 3.8) is 0 Å². The van der Waals surface area contributed by atoms with Gasteiger partial charge in [0.2, 0.25) is 0 Å². The molecule has 0 spiro atoms. The summed E-state index contributed by atoms with van der Waals surface area (Å²) in [7, 11) is 1.64. The predicted molar refractivity (Wildman–Crippen MR) is 132 cm³/mol. The molecule has 0 fully saturated rings. The lowest BCUT2D eigenvalue weighted by Crippen LogP contribution is -2.15. The number of thiophene rings is 1. The van der Waals surface area contributed by atoms with Crippen LogP contribution in [0.5, 0.6) is 5.75 Å². The molecule has 166 valence electrons. The van der Waals surface area contributed by atoms with Gasteiger partial charge in [0, 0.05) is 29.3 Å². The summed E-state index contributed by atoms with van der Waals surface area (Å²) < 4.78 is 9.82. The van der Waals surface area contributed by atoms with E-state index in [0.29, 0.717) is 38.2 Å². The summed E-state index contributed by atoms with van der Waals surface area (Å²) in [6.45, 7) is 1.82. The molecule has 5 aromatic rings. The molecule has 4 heterocycles. The maximum Gasteiger partial charge on any atom is 0.258 e. The molecule has 0 N–H and O–H groups in total. The second-order valence-electron chi connectivity index (χ2n) is 7.17. The van der Waals surface area contributed by atoms with Gasteiger partial charge in [-0.2, -0.15) is 0 Å². The molecule has 0 radical (unpaired) electrons. The summed E-state index contributed by atoms with van der Waals surface area (Å²) >= 11 is 9.15. The lowest BCUT2D eigenvalue weighted by molar-refractivity contribution is 0.412. The number of hydrogen-bond acceptors (Lipinski definition) is 7. The molecule has 1 aromatic carbocycles. The standard InChI is InChI=1S/C23H18ClN5O2S2/c1-14-12-20(30)28-11-5-6-15(21(28)25-14)13-32-23-27-26-22(18-9-10-19(24)33-18)29(23)16-7-3-4-8-17(16)31-2/h3-12H,13H2,1-2H3. The Bertz CT molecular complexity index is 1530. The summed E-state index contributed by atoms with van der Waals surface area (Å²) in [6, 6.07) is 16.9. The Kier molecular flexibility index (Phi) is 5.92. The molecule has 0 saturated carbocycles. The molecule has 33 heavy (non-hydrogen) atoms. The first-order valence-electron chi connectivity index (χ1n) is 10.0. The number of nitrogens with zero attached hydrogens (tertiary/aromatic N) is 5. The number of para-hydroxylation sites is 2. The summed E-state index contributed by atoms with van der Waals surface area (Å²) in [5, 5.41) is 9.64. The number of aryl methyl sites for hydroxylation is 1. The van der Waals surface area contributed by atoms with Crippen molar-refractivity contribution in [3.8, 4) is 22.1 Å². The molecule has 0 aliphatic rings. The fraction of sp³-hybridized carbons (Fsp3) is 0.130. The maximum atomic E-state index is 12.4. The van der Waals surface area contributed by atoms with E-state index in [1.807, 2.05) is 60.0 Å². The number of pyridine rings is 1. The van der Waals surface area contributed by atoms with Crippen LogP contribution in [0.3, 0.4) is 0 Å². The van der Waals surface area contributed by atoms with Crippen molar-refractivity contribution in [2.75, 3.05) is 7.11 Å². The third kappa shape index (κ3) is 4.15. The Hall–Kier alpha value is -3.14. The molecule has 0 atom stereocenters. The van der Waals surface area contributed by atoms with Crippen molar-refractivity contribution in [3.05, 3.63) is 86.7 Å². The van der Waals surface area contributed by atoms with Crippen LogP contribution >= 0.6 is 34.7 Å². The first-order valence-corrected chi connectivity index (χ1v) is 12.2. The average Bonchev–Trinajstić information content (AvgIpc) is 3.43. The summed E-state index contributed by atoms with van der Waals surface area (Å²) in [4.78, 5) is 17.9. The number of aromatic nitrogens is 5. The SMILES string of the molecule is COc1ccccc1-n1c(SCc2cccn3c(=O)cc(C)nc23)nnc1-c1ccc(Cl)s1. The second kappa shape index (κ2) is 9.01. The smallest absolute Gasteiger partial charge is 0.258 e. The molecule has 0 amide bonds. The van der Waals surface area contributed by atoms with Crippen molar-refractivity contribution >= 4 is 40.3 Å². The summed E-state index contributed by atoms with van der Waals surface area (Å²) in [5.41, 5.74) is 2.99. The summed E-state index contributed by atoms with van der Waals surface area (Å²) in [5.74, 6) is 1.94. The quantitative estimate of drug-likeness (QED) is 0.299. The topological polar surface area (TPSA) is 74.3 Å². The van der Waals surface area contributed by atoms with Crippen LogP contribution in [-0.4, -0.2) is 31.3 Å². The predicted octanol–water partition coefficient (Wildman–Crippen LogP) is 5.27. The number of halogens is 1. The fourth-order valence-electron chi connectivity index (χ4n) is 3.54. The number of rotatable bonds is 6. The Morgan fingerprint density at radius 3 is 2.76 bits per heavy atom. The van der Waals surface area contributed by atoms with Gasteiger partial charge in [-0.05, 0) is 37.3 Å². The van der Waals surface area contributed by atoms with Gasteiger partial charge >= 0.3 is 0 Å². The van der Waals surface area contributed by atoms with Crippen LogP contribution in [0.15, 0.2) is 70.7 Å².